The molecule has 2 aliphatic carbocycles. The summed E-state index contributed by atoms with van der Waals surface area (Å²) in [5.41, 5.74) is 2.96. The minimum absolute atomic E-state index is 0.233. The lowest BCUT2D eigenvalue weighted by atomic mass is 9.57. The number of sulfonamides is 1. The van der Waals surface area contributed by atoms with E-state index >= 15 is 0 Å². The number of carbonyl (C=O) groups excluding carboxylic acids is 1. The smallest absolute Gasteiger partial charge is 0.267 e. The van der Waals surface area contributed by atoms with E-state index in [0.29, 0.717) is 34.0 Å². The molecule has 41 heavy (non-hydrogen) atoms. The first-order valence-corrected chi connectivity index (χ1v) is 17.1. The molecule has 0 radical (unpaired) electrons. The summed E-state index contributed by atoms with van der Waals surface area (Å²) in [5, 5.41) is 1.36. The molecule has 3 fully saturated rings. The zero-order valence-electron chi connectivity index (χ0n) is 23.7. The SMILES string of the molecule is CCC(c1cc(Cl)cc(Cl)c1)N1CCC2(CC1)CC(COCc1cc(F)c(C(=O)NS(=O)(=O)CC)cc1C1CC1)C2. The summed E-state index contributed by atoms with van der Waals surface area (Å²) in [6, 6.07) is 9.01. The highest BCUT2D eigenvalue weighted by molar-refractivity contribution is 7.90. The lowest BCUT2D eigenvalue weighted by Crippen LogP contribution is -2.48. The van der Waals surface area contributed by atoms with E-state index in [-0.39, 0.29) is 23.8 Å². The number of rotatable bonds is 11. The maximum atomic E-state index is 14.9. The van der Waals surface area contributed by atoms with Crippen molar-refractivity contribution in [3.8, 4) is 0 Å². The van der Waals surface area contributed by atoms with Crippen LogP contribution in [0.3, 0.4) is 0 Å². The van der Waals surface area contributed by atoms with Gasteiger partial charge in [0.1, 0.15) is 5.82 Å². The summed E-state index contributed by atoms with van der Waals surface area (Å²) in [6.07, 6.45) is 7.58. The number of piperidine rings is 1. The molecule has 2 aromatic rings. The molecule has 1 saturated heterocycles. The lowest BCUT2D eigenvalue weighted by molar-refractivity contribution is -0.0594. The number of benzene rings is 2. The van der Waals surface area contributed by atoms with Gasteiger partial charge in [0.15, 0.2) is 0 Å². The minimum atomic E-state index is -3.77. The molecule has 1 amide bonds. The van der Waals surface area contributed by atoms with Crippen molar-refractivity contribution < 1.29 is 22.3 Å². The second kappa shape index (κ2) is 12.5. The van der Waals surface area contributed by atoms with Gasteiger partial charge >= 0.3 is 0 Å². The number of amides is 1. The Labute approximate surface area is 253 Å². The Hall–Kier alpha value is -1.71. The Bertz CT molecular complexity index is 1360. The van der Waals surface area contributed by atoms with Gasteiger partial charge in [-0.25, -0.2) is 17.5 Å². The van der Waals surface area contributed by atoms with Gasteiger partial charge in [-0.3, -0.25) is 9.69 Å². The minimum Gasteiger partial charge on any atom is -0.376 e. The van der Waals surface area contributed by atoms with Gasteiger partial charge in [-0.15, -0.1) is 0 Å². The van der Waals surface area contributed by atoms with Crippen LogP contribution >= 0.6 is 23.2 Å². The number of nitrogens with one attached hydrogen (secondary N) is 1. The van der Waals surface area contributed by atoms with Crippen LogP contribution < -0.4 is 4.72 Å². The first-order valence-electron chi connectivity index (χ1n) is 14.7. The molecule has 3 aliphatic rings. The molecule has 224 valence electrons. The predicted molar refractivity (Wildman–Crippen MR) is 160 cm³/mol. The molecule has 1 N–H and O–H groups in total. The van der Waals surface area contributed by atoms with E-state index in [1.807, 2.05) is 16.9 Å². The van der Waals surface area contributed by atoms with Gasteiger partial charge in [-0.2, -0.15) is 0 Å². The number of carbonyl (C=O) groups is 1. The van der Waals surface area contributed by atoms with E-state index in [1.165, 1.54) is 37.5 Å². The van der Waals surface area contributed by atoms with E-state index in [0.717, 1.165) is 56.3 Å². The highest BCUT2D eigenvalue weighted by Crippen LogP contribution is 2.53. The first kappa shape index (κ1) is 30.7. The number of likely N-dealkylation sites (tertiary alicyclic amines) is 1. The Kier molecular flexibility index (Phi) is 9.36. The maximum absolute atomic E-state index is 14.9. The standard InChI is InChI=1S/C31H39Cl2FN2O4S/c1-3-29(22-11-24(32)14-25(33)12-22)36-9-7-31(8-10-36)16-20(17-31)18-40-19-23-13-28(34)27(15-26(23)21-5-6-21)30(37)35-41(38,39)4-2/h11-15,20-21,29H,3-10,16-19H2,1-2H3,(H,35,37). The van der Waals surface area contributed by atoms with Crippen LogP contribution in [0.15, 0.2) is 30.3 Å². The van der Waals surface area contributed by atoms with Crippen molar-refractivity contribution >= 4 is 39.1 Å². The zero-order chi connectivity index (χ0) is 29.4. The monoisotopic (exact) mass is 624 g/mol. The lowest BCUT2D eigenvalue weighted by Gasteiger charge is -2.53. The molecule has 5 rings (SSSR count). The number of hydrogen-bond donors (Lipinski definition) is 1. The molecule has 1 spiro atoms. The second-order valence-corrected chi connectivity index (χ2v) is 15.0. The van der Waals surface area contributed by atoms with Gasteiger partial charge in [0.05, 0.1) is 17.9 Å². The topological polar surface area (TPSA) is 75.7 Å². The van der Waals surface area contributed by atoms with Crippen molar-refractivity contribution in [3.63, 3.8) is 0 Å². The fourth-order valence-corrected chi connectivity index (χ4v) is 7.86. The predicted octanol–water partition coefficient (Wildman–Crippen LogP) is 7.25. The highest BCUT2D eigenvalue weighted by Gasteiger charge is 2.46. The Morgan fingerprint density at radius 3 is 2.34 bits per heavy atom. The van der Waals surface area contributed by atoms with Gasteiger partial charge in [-0.05, 0) is 129 Å². The number of nitrogens with zero attached hydrogens (tertiary/aromatic N) is 1. The molecule has 0 aromatic heterocycles. The van der Waals surface area contributed by atoms with E-state index in [9.17, 15) is 17.6 Å². The quantitative estimate of drug-likeness (QED) is 0.285. The molecular weight excluding hydrogens is 586 g/mol. The molecule has 1 unspecified atom stereocenters. The third-order valence-electron chi connectivity index (χ3n) is 9.13. The largest absolute Gasteiger partial charge is 0.376 e. The maximum Gasteiger partial charge on any atom is 0.267 e. The fourth-order valence-electron chi connectivity index (χ4n) is 6.78. The third-order valence-corrected chi connectivity index (χ3v) is 10.8. The van der Waals surface area contributed by atoms with E-state index in [1.54, 1.807) is 6.07 Å². The van der Waals surface area contributed by atoms with E-state index < -0.39 is 21.7 Å². The van der Waals surface area contributed by atoms with Crippen molar-refractivity contribution in [3.05, 3.63) is 68.4 Å². The normalized spacial score (nSPS) is 20.1. The average Bonchev–Trinajstić information content (AvgIpc) is 3.74. The van der Waals surface area contributed by atoms with Gasteiger partial charge in [0, 0.05) is 22.7 Å². The highest BCUT2D eigenvalue weighted by atomic mass is 35.5. The van der Waals surface area contributed by atoms with Gasteiger partial charge < -0.3 is 4.74 Å². The summed E-state index contributed by atoms with van der Waals surface area (Å²) in [7, 11) is -3.77. The summed E-state index contributed by atoms with van der Waals surface area (Å²) in [5.74, 6) is -1.15. The Morgan fingerprint density at radius 1 is 1.10 bits per heavy atom. The first-order chi connectivity index (χ1) is 19.5. The van der Waals surface area contributed by atoms with Crippen LogP contribution in [0.4, 0.5) is 4.39 Å². The fraction of sp³-hybridized carbons (Fsp3) is 0.581. The van der Waals surface area contributed by atoms with Gasteiger partial charge in [-0.1, -0.05) is 30.1 Å². The van der Waals surface area contributed by atoms with Crippen LogP contribution in [0.1, 0.15) is 97.8 Å². The molecule has 2 saturated carbocycles. The summed E-state index contributed by atoms with van der Waals surface area (Å²) in [4.78, 5) is 15.0. The molecule has 1 atom stereocenters. The van der Waals surface area contributed by atoms with Crippen molar-refractivity contribution in [1.82, 2.24) is 9.62 Å². The van der Waals surface area contributed by atoms with Crippen LogP contribution in [-0.4, -0.2) is 44.7 Å². The Balaban J connectivity index is 1.12. The zero-order valence-corrected chi connectivity index (χ0v) is 26.1. The molecular formula is C31H39Cl2FN2O4S. The second-order valence-electron chi connectivity index (χ2n) is 12.1. The molecule has 1 heterocycles. The van der Waals surface area contributed by atoms with Crippen molar-refractivity contribution in [1.29, 1.82) is 0 Å². The third kappa shape index (κ3) is 7.27. The van der Waals surface area contributed by atoms with Crippen molar-refractivity contribution in [2.24, 2.45) is 11.3 Å². The molecule has 0 bridgehead atoms. The van der Waals surface area contributed by atoms with Crippen LogP contribution in [-0.2, 0) is 21.4 Å². The average molecular weight is 626 g/mol. The van der Waals surface area contributed by atoms with Crippen molar-refractivity contribution in [2.75, 3.05) is 25.4 Å². The van der Waals surface area contributed by atoms with Crippen molar-refractivity contribution in [2.45, 2.75) is 77.4 Å². The number of hydrogen-bond acceptors (Lipinski definition) is 5. The summed E-state index contributed by atoms with van der Waals surface area (Å²) in [6.45, 7) is 6.66. The Morgan fingerprint density at radius 2 is 1.76 bits per heavy atom. The molecule has 10 heteroatoms. The summed E-state index contributed by atoms with van der Waals surface area (Å²) >= 11 is 12.5. The van der Waals surface area contributed by atoms with E-state index in [4.69, 9.17) is 27.9 Å². The van der Waals surface area contributed by atoms with Gasteiger partial charge in [0.25, 0.3) is 5.91 Å². The van der Waals surface area contributed by atoms with Crippen LogP contribution in [0.2, 0.25) is 10.0 Å². The number of ether oxygens (including phenoxy) is 1. The van der Waals surface area contributed by atoms with Crippen LogP contribution in [0, 0.1) is 17.2 Å². The van der Waals surface area contributed by atoms with E-state index in [2.05, 4.69) is 11.8 Å². The number of halogens is 3. The van der Waals surface area contributed by atoms with Crippen LogP contribution in [0.25, 0.3) is 0 Å². The summed E-state index contributed by atoms with van der Waals surface area (Å²) < 4.78 is 46.5. The van der Waals surface area contributed by atoms with Gasteiger partial charge in [0.2, 0.25) is 10.0 Å². The van der Waals surface area contributed by atoms with Crippen LogP contribution in [0.5, 0.6) is 0 Å². The molecule has 1 aliphatic heterocycles. The molecule has 6 nitrogen and oxygen atoms in total. The molecule has 2 aromatic carbocycles.